The summed E-state index contributed by atoms with van der Waals surface area (Å²) < 4.78 is 36.6. The Labute approximate surface area is 256 Å². The molecule has 0 radical (unpaired) electrons. The molecule has 2 aliphatic carbocycles. The SMILES string of the molecule is Cc1cccc(C)c1-c1cc2nc(n1)NS(=O)(=O)c1cccc(c1)C(CC1CC3(C1)CC(C)(O)C3)[C@H](CC(C)(C)C)CO2. The number of hydrogen-bond acceptors (Lipinski definition) is 6. The Bertz CT molecular complexity index is 1610. The van der Waals surface area contributed by atoms with Crippen LogP contribution in [0.15, 0.2) is 53.4 Å². The van der Waals surface area contributed by atoms with Crippen molar-refractivity contribution in [2.45, 2.75) is 96.5 Å². The minimum atomic E-state index is -3.95. The van der Waals surface area contributed by atoms with E-state index < -0.39 is 15.6 Å². The number of rotatable bonds is 4. The second kappa shape index (κ2) is 10.6. The van der Waals surface area contributed by atoms with E-state index in [-0.39, 0.29) is 33.5 Å². The molecule has 2 saturated carbocycles. The lowest BCUT2D eigenvalue weighted by Gasteiger charge is -2.61. The summed E-state index contributed by atoms with van der Waals surface area (Å²) in [6.45, 7) is 13.2. The fourth-order valence-corrected chi connectivity index (χ4v) is 9.42. The first kappa shape index (κ1) is 30.1. The molecule has 2 aromatic carbocycles. The van der Waals surface area contributed by atoms with Gasteiger partial charge < -0.3 is 9.84 Å². The van der Waals surface area contributed by atoms with Gasteiger partial charge in [0.05, 0.1) is 22.8 Å². The van der Waals surface area contributed by atoms with Crippen LogP contribution in [0.1, 0.15) is 88.8 Å². The summed E-state index contributed by atoms with van der Waals surface area (Å²) >= 11 is 0. The number of ether oxygens (including phenoxy) is 1. The number of nitrogens with one attached hydrogen (secondary N) is 1. The van der Waals surface area contributed by atoms with Crippen LogP contribution in [0, 0.1) is 36.5 Å². The Morgan fingerprint density at radius 3 is 2.35 bits per heavy atom. The fraction of sp³-hybridized carbons (Fsp3) is 0.543. The van der Waals surface area contributed by atoms with Crippen LogP contribution in [0.2, 0.25) is 0 Å². The van der Waals surface area contributed by atoms with Crippen molar-refractivity contribution in [1.29, 1.82) is 0 Å². The van der Waals surface area contributed by atoms with Crippen molar-refractivity contribution < 1.29 is 18.3 Å². The van der Waals surface area contributed by atoms with Gasteiger partial charge in [-0.3, -0.25) is 0 Å². The maximum absolute atomic E-state index is 13.7. The number of aryl methyl sites for hydroxylation is 2. The molecule has 2 N–H and O–H groups in total. The smallest absolute Gasteiger partial charge is 0.264 e. The molecule has 8 heteroatoms. The first-order valence-corrected chi connectivity index (χ1v) is 17.0. The highest BCUT2D eigenvalue weighted by molar-refractivity contribution is 7.92. The standard InChI is InChI=1S/C35H45N3O4S/c1-22-9-7-10-23(2)31(22)29-15-30-37-32(36-29)38-43(40,41)27-12-8-11-25(14-27)28(26(19-42-30)18-33(3,4)5)13-24-16-35(17-24)20-34(6,39)21-35/h7-12,14-15,24,26,28,39H,13,16-21H2,1-6H3,(H,36,37,38)/t24?,26-,28?,34?,35?/m1/s1. The van der Waals surface area contributed by atoms with Gasteiger partial charge in [0.25, 0.3) is 10.0 Å². The summed E-state index contributed by atoms with van der Waals surface area (Å²) in [7, 11) is -3.95. The summed E-state index contributed by atoms with van der Waals surface area (Å²) in [4.78, 5) is 9.40. The molecule has 1 spiro atoms. The van der Waals surface area contributed by atoms with E-state index >= 15 is 0 Å². The predicted molar refractivity (Wildman–Crippen MR) is 170 cm³/mol. The molecule has 7 nitrogen and oxygen atoms in total. The van der Waals surface area contributed by atoms with Crippen molar-refractivity contribution in [3.05, 3.63) is 65.2 Å². The highest BCUT2D eigenvalue weighted by Crippen LogP contribution is 2.64. The molecular formula is C35H45N3O4S. The molecule has 1 aliphatic heterocycles. The Kier molecular flexibility index (Phi) is 7.40. The van der Waals surface area contributed by atoms with E-state index in [1.807, 2.05) is 57.2 Å². The zero-order valence-corrected chi connectivity index (χ0v) is 27.1. The minimum absolute atomic E-state index is 0.00111. The second-order valence-corrected chi connectivity index (χ2v) is 16.8. The van der Waals surface area contributed by atoms with Gasteiger partial charge in [-0.15, -0.1) is 0 Å². The van der Waals surface area contributed by atoms with Crippen LogP contribution < -0.4 is 9.46 Å². The average Bonchev–Trinajstić information content (AvgIpc) is 2.86. The third-order valence-electron chi connectivity index (χ3n) is 9.69. The zero-order valence-electron chi connectivity index (χ0n) is 26.3. The van der Waals surface area contributed by atoms with Gasteiger partial charge in [0, 0.05) is 17.5 Å². The van der Waals surface area contributed by atoms with E-state index in [9.17, 15) is 13.5 Å². The van der Waals surface area contributed by atoms with Crippen LogP contribution in [-0.4, -0.2) is 35.7 Å². The number of aliphatic hydroxyl groups is 1. The van der Waals surface area contributed by atoms with E-state index in [0.717, 1.165) is 60.8 Å². The monoisotopic (exact) mass is 603 g/mol. The Morgan fingerprint density at radius 1 is 1.02 bits per heavy atom. The van der Waals surface area contributed by atoms with Crippen molar-refractivity contribution in [1.82, 2.24) is 9.97 Å². The quantitative estimate of drug-likeness (QED) is 0.322. The zero-order chi connectivity index (χ0) is 30.8. The maximum atomic E-state index is 13.7. The van der Waals surface area contributed by atoms with Crippen LogP contribution in [0.25, 0.3) is 11.3 Å². The summed E-state index contributed by atoms with van der Waals surface area (Å²) in [6.07, 6.45) is 5.89. The number of hydrogen-bond donors (Lipinski definition) is 2. The van der Waals surface area contributed by atoms with Crippen LogP contribution in [0.5, 0.6) is 5.88 Å². The van der Waals surface area contributed by atoms with Crippen LogP contribution in [0.4, 0.5) is 5.95 Å². The van der Waals surface area contributed by atoms with Crippen LogP contribution >= 0.6 is 0 Å². The van der Waals surface area contributed by atoms with Gasteiger partial charge in [-0.05, 0) is 111 Å². The summed E-state index contributed by atoms with van der Waals surface area (Å²) in [6, 6.07) is 15.3. The molecule has 0 amide bonds. The van der Waals surface area contributed by atoms with Crippen LogP contribution in [0.3, 0.4) is 0 Å². The topological polar surface area (TPSA) is 101 Å². The van der Waals surface area contributed by atoms with Gasteiger partial charge in [-0.2, -0.15) is 4.98 Å². The molecule has 4 bridgehead atoms. The number of benzene rings is 2. The predicted octanol–water partition coefficient (Wildman–Crippen LogP) is 7.42. The first-order chi connectivity index (χ1) is 20.1. The summed E-state index contributed by atoms with van der Waals surface area (Å²) in [5.41, 5.74) is 4.50. The lowest BCUT2D eigenvalue weighted by Crippen LogP contribution is -2.56. The highest BCUT2D eigenvalue weighted by Gasteiger charge is 2.57. The number of aromatic nitrogens is 2. The molecule has 1 aromatic heterocycles. The minimum Gasteiger partial charge on any atom is -0.477 e. The number of fused-ring (bicyclic) bond motifs is 4. The molecule has 43 heavy (non-hydrogen) atoms. The maximum Gasteiger partial charge on any atom is 0.264 e. The normalized spacial score (nSPS) is 29.7. The highest BCUT2D eigenvalue weighted by atomic mass is 32.2. The number of sulfonamides is 1. The van der Waals surface area contributed by atoms with Gasteiger partial charge in [0.1, 0.15) is 0 Å². The largest absolute Gasteiger partial charge is 0.477 e. The summed E-state index contributed by atoms with van der Waals surface area (Å²) in [5.74, 6) is 1.17. The van der Waals surface area contributed by atoms with E-state index in [1.54, 1.807) is 6.07 Å². The molecule has 2 heterocycles. The van der Waals surface area contributed by atoms with Crippen molar-refractivity contribution >= 4 is 16.0 Å². The van der Waals surface area contributed by atoms with E-state index in [1.165, 1.54) is 0 Å². The second-order valence-electron chi connectivity index (χ2n) is 15.2. The van der Waals surface area contributed by atoms with E-state index in [2.05, 4.69) is 41.5 Å². The van der Waals surface area contributed by atoms with Crippen molar-refractivity contribution in [3.63, 3.8) is 0 Å². The average molecular weight is 604 g/mol. The molecule has 0 saturated heterocycles. The van der Waals surface area contributed by atoms with Crippen LogP contribution in [-0.2, 0) is 10.0 Å². The fourth-order valence-electron chi connectivity index (χ4n) is 8.42. The van der Waals surface area contributed by atoms with Crippen molar-refractivity contribution in [2.24, 2.45) is 22.7 Å². The van der Waals surface area contributed by atoms with E-state index in [0.29, 0.717) is 24.1 Å². The summed E-state index contributed by atoms with van der Waals surface area (Å²) in [5, 5.41) is 10.4. The van der Waals surface area contributed by atoms with Gasteiger partial charge >= 0.3 is 0 Å². The molecule has 2 atom stereocenters. The molecule has 6 rings (SSSR count). The Morgan fingerprint density at radius 2 is 1.70 bits per heavy atom. The number of anilines is 1. The van der Waals surface area contributed by atoms with Gasteiger partial charge in [0.15, 0.2) is 0 Å². The molecular weight excluding hydrogens is 558 g/mol. The van der Waals surface area contributed by atoms with Gasteiger partial charge in [-0.1, -0.05) is 51.1 Å². The van der Waals surface area contributed by atoms with Crippen molar-refractivity contribution in [2.75, 3.05) is 11.3 Å². The third-order valence-corrected chi connectivity index (χ3v) is 11.0. The Hall–Kier alpha value is -2.97. The third kappa shape index (κ3) is 6.32. The number of nitrogens with zero attached hydrogens (tertiary/aromatic N) is 2. The molecule has 2 fully saturated rings. The molecule has 230 valence electrons. The lowest BCUT2D eigenvalue weighted by molar-refractivity contribution is -0.173. The van der Waals surface area contributed by atoms with E-state index in [4.69, 9.17) is 4.74 Å². The Balaban J connectivity index is 1.40. The molecule has 1 unspecified atom stereocenters. The van der Waals surface area contributed by atoms with Crippen molar-refractivity contribution in [3.8, 4) is 17.1 Å². The van der Waals surface area contributed by atoms with Gasteiger partial charge in [-0.25, -0.2) is 18.1 Å². The lowest BCUT2D eigenvalue weighted by atomic mass is 9.46. The van der Waals surface area contributed by atoms with Gasteiger partial charge in [0.2, 0.25) is 11.8 Å². The molecule has 3 aliphatic rings. The molecule has 3 aromatic rings. The first-order valence-electron chi connectivity index (χ1n) is 15.5.